The van der Waals surface area contributed by atoms with Crippen LogP contribution >= 0.6 is 0 Å². The predicted octanol–water partition coefficient (Wildman–Crippen LogP) is 1.56. The minimum atomic E-state index is -0.0209. The first kappa shape index (κ1) is 13.6. The largest absolute Gasteiger partial charge is 0.341 e. The van der Waals surface area contributed by atoms with Gasteiger partial charge in [-0.15, -0.1) is 0 Å². The highest BCUT2D eigenvalue weighted by molar-refractivity contribution is 5.76. The van der Waals surface area contributed by atoms with E-state index in [0.29, 0.717) is 13.0 Å². The number of carbonyl (C=O) groups is 1. The van der Waals surface area contributed by atoms with Crippen molar-refractivity contribution in [2.75, 3.05) is 7.05 Å². The molecule has 1 amide bonds. The molecule has 1 rings (SSSR count). The van der Waals surface area contributed by atoms with Crippen LogP contribution in [0, 0.1) is 0 Å². The van der Waals surface area contributed by atoms with Crippen LogP contribution in [0.5, 0.6) is 0 Å². The Morgan fingerprint density at radius 1 is 1.47 bits per heavy atom. The van der Waals surface area contributed by atoms with E-state index < -0.39 is 0 Å². The summed E-state index contributed by atoms with van der Waals surface area (Å²) in [5, 5.41) is 0. The lowest BCUT2D eigenvalue weighted by Gasteiger charge is -2.19. The van der Waals surface area contributed by atoms with Crippen LogP contribution in [0.25, 0.3) is 0 Å². The average molecular weight is 235 g/mol. The molecule has 0 bridgehead atoms. The maximum absolute atomic E-state index is 11.9. The third-order valence-corrected chi connectivity index (χ3v) is 2.69. The molecule has 0 saturated carbocycles. The third kappa shape index (κ3) is 4.95. The van der Waals surface area contributed by atoms with Gasteiger partial charge >= 0.3 is 0 Å². The Balaban J connectivity index is 2.42. The Morgan fingerprint density at radius 2 is 2.12 bits per heavy atom. The van der Waals surface area contributed by atoms with Crippen LogP contribution in [0.3, 0.4) is 0 Å². The van der Waals surface area contributed by atoms with Crippen molar-refractivity contribution >= 4 is 5.91 Å². The summed E-state index contributed by atoms with van der Waals surface area (Å²) in [5.41, 5.74) is 6.94. The first-order chi connectivity index (χ1) is 8.13. The summed E-state index contributed by atoms with van der Waals surface area (Å²) in [6.07, 6.45) is 5.81. The molecule has 0 fully saturated rings. The molecule has 1 unspecified atom stereocenters. The van der Waals surface area contributed by atoms with Crippen molar-refractivity contribution in [2.24, 2.45) is 5.73 Å². The van der Waals surface area contributed by atoms with Gasteiger partial charge in [-0.1, -0.05) is 13.3 Å². The van der Waals surface area contributed by atoms with Crippen molar-refractivity contribution in [2.45, 2.75) is 38.8 Å². The topological polar surface area (TPSA) is 59.2 Å². The van der Waals surface area contributed by atoms with E-state index in [2.05, 4.69) is 11.9 Å². The van der Waals surface area contributed by atoms with Gasteiger partial charge < -0.3 is 10.6 Å². The molecule has 0 aromatic carbocycles. The van der Waals surface area contributed by atoms with Crippen LogP contribution in [-0.2, 0) is 11.3 Å². The quantitative estimate of drug-likeness (QED) is 0.814. The number of aromatic nitrogens is 1. The van der Waals surface area contributed by atoms with Crippen LogP contribution < -0.4 is 5.73 Å². The van der Waals surface area contributed by atoms with E-state index in [1.54, 1.807) is 24.3 Å². The van der Waals surface area contributed by atoms with Crippen LogP contribution in [-0.4, -0.2) is 28.9 Å². The summed E-state index contributed by atoms with van der Waals surface area (Å²) in [4.78, 5) is 17.5. The third-order valence-electron chi connectivity index (χ3n) is 2.69. The highest BCUT2D eigenvalue weighted by Gasteiger charge is 2.13. The SMILES string of the molecule is CCCC(N)CC(=O)N(C)Cc1ccncc1. The zero-order valence-electron chi connectivity index (χ0n) is 10.6. The van der Waals surface area contributed by atoms with Gasteiger partial charge in [0.15, 0.2) is 0 Å². The van der Waals surface area contributed by atoms with Gasteiger partial charge in [0.1, 0.15) is 0 Å². The van der Waals surface area contributed by atoms with Gasteiger partial charge in [-0.2, -0.15) is 0 Å². The number of hydrogen-bond donors (Lipinski definition) is 1. The summed E-state index contributed by atoms with van der Waals surface area (Å²) in [6, 6.07) is 3.80. The van der Waals surface area contributed by atoms with Gasteiger partial charge in [-0.05, 0) is 24.1 Å². The molecule has 0 aliphatic rings. The molecule has 1 aromatic heterocycles. The Bertz CT molecular complexity index is 340. The van der Waals surface area contributed by atoms with Crippen LogP contribution in [0.2, 0.25) is 0 Å². The predicted molar refractivity (Wildman–Crippen MR) is 68.2 cm³/mol. The number of carbonyl (C=O) groups excluding carboxylic acids is 1. The molecule has 1 heterocycles. The monoisotopic (exact) mass is 235 g/mol. The zero-order chi connectivity index (χ0) is 12.7. The van der Waals surface area contributed by atoms with Gasteiger partial charge in [-0.25, -0.2) is 0 Å². The fraction of sp³-hybridized carbons (Fsp3) is 0.538. The van der Waals surface area contributed by atoms with Gasteiger partial charge in [0.2, 0.25) is 5.91 Å². The fourth-order valence-corrected chi connectivity index (χ4v) is 1.70. The molecule has 0 radical (unpaired) electrons. The summed E-state index contributed by atoms with van der Waals surface area (Å²) in [7, 11) is 1.81. The first-order valence-electron chi connectivity index (χ1n) is 6.02. The number of hydrogen-bond acceptors (Lipinski definition) is 3. The average Bonchev–Trinajstić information content (AvgIpc) is 2.30. The molecule has 1 atom stereocenters. The lowest BCUT2D eigenvalue weighted by Crippen LogP contribution is -2.32. The van der Waals surface area contributed by atoms with Gasteiger partial charge in [-0.3, -0.25) is 9.78 Å². The molecule has 0 spiro atoms. The highest BCUT2D eigenvalue weighted by atomic mass is 16.2. The summed E-state index contributed by atoms with van der Waals surface area (Å²) in [5.74, 6) is 0.0998. The molecule has 1 aromatic rings. The minimum absolute atomic E-state index is 0.0209. The van der Waals surface area contributed by atoms with Crippen molar-refractivity contribution in [1.82, 2.24) is 9.88 Å². The summed E-state index contributed by atoms with van der Waals surface area (Å²) in [6.45, 7) is 2.69. The lowest BCUT2D eigenvalue weighted by molar-refractivity contribution is -0.130. The molecule has 94 valence electrons. The van der Waals surface area contributed by atoms with Gasteiger partial charge in [0.05, 0.1) is 0 Å². The molecule has 4 heteroatoms. The highest BCUT2D eigenvalue weighted by Crippen LogP contribution is 2.05. The lowest BCUT2D eigenvalue weighted by atomic mass is 10.1. The Labute approximate surface area is 103 Å². The van der Waals surface area contributed by atoms with E-state index >= 15 is 0 Å². The van der Waals surface area contributed by atoms with E-state index in [9.17, 15) is 4.79 Å². The standard InChI is InChI=1S/C13H21N3O/c1-3-4-12(14)9-13(17)16(2)10-11-5-7-15-8-6-11/h5-8,12H,3-4,9-10,14H2,1-2H3. The summed E-state index contributed by atoms with van der Waals surface area (Å²) >= 11 is 0. The van der Waals surface area contributed by atoms with Gasteiger partial charge in [0, 0.05) is 38.4 Å². The van der Waals surface area contributed by atoms with Crippen molar-refractivity contribution < 1.29 is 4.79 Å². The van der Waals surface area contributed by atoms with Crippen LogP contribution in [0.1, 0.15) is 31.7 Å². The second kappa shape index (κ2) is 7.01. The van der Waals surface area contributed by atoms with E-state index in [0.717, 1.165) is 18.4 Å². The molecule has 0 aliphatic carbocycles. The van der Waals surface area contributed by atoms with Crippen LogP contribution in [0.4, 0.5) is 0 Å². The zero-order valence-corrected chi connectivity index (χ0v) is 10.6. The molecule has 0 aliphatic heterocycles. The molecule has 4 nitrogen and oxygen atoms in total. The number of amides is 1. The van der Waals surface area contributed by atoms with Crippen LogP contribution in [0.15, 0.2) is 24.5 Å². The smallest absolute Gasteiger partial charge is 0.224 e. The number of pyridine rings is 1. The second-order valence-corrected chi connectivity index (χ2v) is 4.36. The Morgan fingerprint density at radius 3 is 2.71 bits per heavy atom. The normalized spacial score (nSPS) is 12.2. The Kier molecular flexibility index (Phi) is 5.63. The second-order valence-electron chi connectivity index (χ2n) is 4.36. The van der Waals surface area contributed by atoms with Crippen molar-refractivity contribution in [3.8, 4) is 0 Å². The van der Waals surface area contributed by atoms with E-state index in [1.165, 1.54) is 0 Å². The van der Waals surface area contributed by atoms with Gasteiger partial charge in [0.25, 0.3) is 0 Å². The number of rotatable bonds is 6. The molecule has 17 heavy (non-hydrogen) atoms. The maximum Gasteiger partial charge on any atom is 0.224 e. The number of nitrogens with two attached hydrogens (primary N) is 1. The fourth-order valence-electron chi connectivity index (χ4n) is 1.70. The van der Waals surface area contributed by atoms with E-state index in [4.69, 9.17) is 5.73 Å². The Hall–Kier alpha value is -1.42. The van der Waals surface area contributed by atoms with Crippen molar-refractivity contribution in [3.05, 3.63) is 30.1 Å². The first-order valence-corrected chi connectivity index (χ1v) is 6.02. The molecular formula is C13H21N3O. The molecule has 0 saturated heterocycles. The maximum atomic E-state index is 11.9. The number of nitrogens with zero attached hydrogens (tertiary/aromatic N) is 2. The van der Waals surface area contributed by atoms with Crippen molar-refractivity contribution in [1.29, 1.82) is 0 Å². The minimum Gasteiger partial charge on any atom is -0.341 e. The molecule has 2 N–H and O–H groups in total. The van der Waals surface area contributed by atoms with Crippen molar-refractivity contribution in [3.63, 3.8) is 0 Å². The summed E-state index contributed by atoms with van der Waals surface area (Å²) < 4.78 is 0. The van der Waals surface area contributed by atoms with E-state index in [1.807, 2.05) is 12.1 Å². The molecular weight excluding hydrogens is 214 g/mol. The van der Waals surface area contributed by atoms with E-state index in [-0.39, 0.29) is 11.9 Å².